The second kappa shape index (κ2) is 6.98. The van der Waals surface area contributed by atoms with Gasteiger partial charge in [0.1, 0.15) is 0 Å². The van der Waals surface area contributed by atoms with Crippen LogP contribution in [0.25, 0.3) is 0 Å². The van der Waals surface area contributed by atoms with Gasteiger partial charge in [0, 0.05) is 21.8 Å². The molecule has 3 nitrogen and oxygen atoms in total. The topological polar surface area (TPSA) is 43.4 Å². The Labute approximate surface area is 88.7 Å². The number of rotatable bonds is 6. The van der Waals surface area contributed by atoms with Gasteiger partial charge in [-0.25, -0.2) is 0 Å². The second-order valence-electron chi connectivity index (χ2n) is 3.86. The summed E-state index contributed by atoms with van der Waals surface area (Å²) >= 11 is 0. The van der Waals surface area contributed by atoms with Crippen LogP contribution in [0.15, 0.2) is 0 Å². The van der Waals surface area contributed by atoms with E-state index in [1.807, 2.05) is 6.92 Å². The van der Waals surface area contributed by atoms with Crippen LogP contribution in [-0.4, -0.2) is 28.3 Å². The molecular weight excluding hydrogens is 200 g/mol. The summed E-state index contributed by atoms with van der Waals surface area (Å²) in [7, 11) is 0.445. The highest BCUT2D eigenvalue weighted by Crippen LogP contribution is 2.07. The SMILES string of the molecule is COC(=O)CC(C)S(=O)CCC(C)C. The predicted molar refractivity (Wildman–Crippen MR) is 58.6 cm³/mol. The van der Waals surface area contributed by atoms with Crippen LogP contribution in [0, 0.1) is 5.92 Å². The van der Waals surface area contributed by atoms with Crippen LogP contribution < -0.4 is 0 Å². The summed E-state index contributed by atoms with van der Waals surface area (Å²) in [5.74, 6) is 0.954. The molecule has 0 saturated heterocycles. The van der Waals surface area contributed by atoms with Gasteiger partial charge < -0.3 is 4.74 Å². The molecule has 0 heterocycles. The van der Waals surface area contributed by atoms with Gasteiger partial charge >= 0.3 is 5.97 Å². The van der Waals surface area contributed by atoms with Crippen LogP contribution in [0.2, 0.25) is 0 Å². The largest absolute Gasteiger partial charge is 0.469 e. The monoisotopic (exact) mass is 220 g/mol. The lowest BCUT2D eigenvalue weighted by Crippen LogP contribution is -2.19. The summed E-state index contributed by atoms with van der Waals surface area (Å²) < 4.78 is 16.1. The average molecular weight is 220 g/mol. The van der Waals surface area contributed by atoms with E-state index in [4.69, 9.17) is 0 Å². The summed E-state index contributed by atoms with van der Waals surface area (Å²) in [4.78, 5) is 10.9. The first-order chi connectivity index (χ1) is 6.47. The summed E-state index contributed by atoms with van der Waals surface area (Å²) in [5.41, 5.74) is 0. The Bertz CT molecular complexity index is 202. The Kier molecular flexibility index (Phi) is 6.79. The highest BCUT2D eigenvalue weighted by molar-refractivity contribution is 7.85. The molecule has 2 unspecified atom stereocenters. The number of esters is 1. The molecule has 0 saturated carbocycles. The van der Waals surface area contributed by atoms with Gasteiger partial charge in [-0.3, -0.25) is 9.00 Å². The zero-order valence-corrected chi connectivity index (χ0v) is 10.2. The van der Waals surface area contributed by atoms with Crippen molar-refractivity contribution in [3.05, 3.63) is 0 Å². The van der Waals surface area contributed by atoms with Crippen molar-refractivity contribution in [2.45, 2.75) is 38.9 Å². The molecule has 0 fully saturated rings. The molecule has 0 aliphatic heterocycles. The van der Waals surface area contributed by atoms with Crippen molar-refractivity contribution < 1.29 is 13.7 Å². The van der Waals surface area contributed by atoms with Gasteiger partial charge in [-0.1, -0.05) is 20.8 Å². The number of hydrogen-bond donors (Lipinski definition) is 0. The normalized spacial score (nSPS) is 15.2. The van der Waals surface area contributed by atoms with Crippen LogP contribution >= 0.6 is 0 Å². The molecular formula is C10H20O3S. The van der Waals surface area contributed by atoms with Crippen molar-refractivity contribution in [3.8, 4) is 0 Å². The van der Waals surface area contributed by atoms with E-state index in [-0.39, 0.29) is 17.6 Å². The van der Waals surface area contributed by atoms with Gasteiger partial charge in [0.2, 0.25) is 0 Å². The van der Waals surface area contributed by atoms with Gasteiger partial charge in [-0.2, -0.15) is 0 Å². The molecule has 84 valence electrons. The average Bonchev–Trinajstić information content (AvgIpc) is 2.13. The molecule has 14 heavy (non-hydrogen) atoms. The highest BCUT2D eigenvalue weighted by Gasteiger charge is 2.15. The van der Waals surface area contributed by atoms with Crippen LogP contribution in [-0.2, 0) is 20.3 Å². The lowest BCUT2D eigenvalue weighted by Gasteiger charge is -2.10. The maximum absolute atomic E-state index is 11.6. The Morgan fingerprint density at radius 2 is 1.93 bits per heavy atom. The van der Waals surface area contributed by atoms with Crippen LogP contribution in [0.5, 0.6) is 0 Å². The number of carbonyl (C=O) groups is 1. The third kappa shape index (κ3) is 6.13. The van der Waals surface area contributed by atoms with E-state index in [1.54, 1.807) is 0 Å². The fraction of sp³-hybridized carbons (Fsp3) is 0.900. The smallest absolute Gasteiger partial charge is 0.306 e. The van der Waals surface area contributed by atoms with E-state index in [0.717, 1.165) is 6.42 Å². The van der Waals surface area contributed by atoms with E-state index in [9.17, 15) is 9.00 Å². The van der Waals surface area contributed by atoms with Gasteiger partial charge in [-0.15, -0.1) is 0 Å². The van der Waals surface area contributed by atoms with Crippen LogP contribution in [0.4, 0.5) is 0 Å². The molecule has 0 bridgehead atoms. The maximum atomic E-state index is 11.6. The lowest BCUT2D eigenvalue weighted by atomic mass is 10.2. The van der Waals surface area contributed by atoms with Crippen molar-refractivity contribution in [3.63, 3.8) is 0 Å². The number of carbonyl (C=O) groups excluding carboxylic acids is 1. The predicted octanol–water partition coefficient (Wildman–Crippen LogP) is 1.73. The molecule has 0 aromatic carbocycles. The Hall–Kier alpha value is -0.380. The molecule has 0 radical (unpaired) electrons. The third-order valence-corrected chi connectivity index (χ3v) is 3.73. The van der Waals surface area contributed by atoms with Crippen molar-refractivity contribution in [2.75, 3.05) is 12.9 Å². The maximum Gasteiger partial charge on any atom is 0.306 e. The van der Waals surface area contributed by atoms with E-state index in [0.29, 0.717) is 11.7 Å². The van der Waals surface area contributed by atoms with Gasteiger partial charge in [0.25, 0.3) is 0 Å². The van der Waals surface area contributed by atoms with Gasteiger partial charge in [0.15, 0.2) is 0 Å². The third-order valence-electron chi connectivity index (χ3n) is 2.03. The molecule has 2 atom stereocenters. The first kappa shape index (κ1) is 13.6. The zero-order chi connectivity index (χ0) is 11.1. The fourth-order valence-corrected chi connectivity index (χ4v) is 2.39. The lowest BCUT2D eigenvalue weighted by molar-refractivity contribution is -0.140. The Balaban J connectivity index is 3.82. The van der Waals surface area contributed by atoms with Gasteiger partial charge in [-0.05, 0) is 12.3 Å². The van der Waals surface area contributed by atoms with Crippen molar-refractivity contribution >= 4 is 16.8 Å². The Morgan fingerprint density at radius 3 is 2.36 bits per heavy atom. The second-order valence-corrected chi connectivity index (χ2v) is 5.83. The van der Waals surface area contributed by atoms with Crippen LogP contribution in [0.3, 0.4) is 0 Å². The molecule has 4 heteroatoms. The van der Waals surface area contributed by atoms with Gasteiger partial charge in [0.05, 0.1) is 13.5 Å². The molecule has 0 aromatic rings. The Morgan fingerprint density at radius 1 is 1.36 bits per heavy atom. The van der Waals surface area contributed by atoms with Crippen LogP contribution in [0.1, 0.15) is 33.6 Å². The number of ether oxygens (including phenoxy) is 1. The minimum atomic E-state index is -0.908. The molecule has 0 N–H and O–H groups in total. The van der Waals surface area contributed by atoms with E-state index < -0.39 is 10.8 Å². The number of methoxy groups -OCH3 is 1. The molecule has 0 aliphatic rings. The number of hydrogen-bond acceptors (Lipinski definition) is 3. The summed E-state index contributed by atoms with van der Waals surface area (Å²) in [6.45, 7) is 6.03. The molecule has 0 amide bonds. The molecule has 0 aliphatic carbocycles. The van der Waals surface area contributed by atoms with E-state index in [2.05, 4.69) is 18.6 Å². The first-order valence-corrected chi connectivity index (χ1v) is 6.29. The zero-order valence-electron chi connectivity index (χ0n) is 9.41. The minimum Gasteiger partial charge on any atom is -0.469 e. The molecule has 0 aromatic heterocycles. The van der Waals surface area contributed by atoms with Crippen molar-refractivity contribution in [1.29, 1.82) is 0 Å². The van der Waals surface area contributed by atoms with E-state index >= 15 is 0 Å². The summed E-state index contributed by atoms with van der Waals surface area (Å²) in [6.07, 6.45) is 1.19. The standard InChI is InChI=1S/C10H20O3S/c1-8(2)5-6-14(12)9(3)7-10(11)13-4/h8-9H,5-7H2,1-4H3. The fourth-order valence-electron chi connectivity index (χ4n) is 0.964. The first-order valence-electron chi connectivity index (χ1n) is 4.91. The van der Waals surface area contributed by atoms with Crippen molar-refractivity contribution in [1.82, 2.24) is 0 Å². The highest BCUT2D eigenvalue weighted by atomic mass is 32.2. The van der Waals surface area contributed by atoms with E-state index in [1.165, 1.54) is 7.11 Å². The molecule has 0 spiro atoms. The minimum absolute atomic E-state index is 0.0961. The van der Waals surface area contributed by atoms with Crippen molar-refractivity contribution in [2.24, 2.45) is 5.92 Å². The summed E-state index contributed by atoms with van der Waals surface area (Å²) in [6, 6.07) is 0. The molecule has 0 rings (SSSR count). The summed E-state index contributed by atoms with van der Waals surface area (Å²) in [5, 5.41) is -0.0961. The quantitative estimate of drug-likeness (QED) is 0.640.